The van der Waals surface area contributed by atoms with Gasteiger partial charge in [0, 0.05) is 43.0 Å². The maximum Gasteiger partial charge on any atom is 0.159 e. The van der Waals surface area contributed by atoms with Crippen molar-refractivity contribution in [2.75, 3.05) is 0 Å². The van der Waals surface area contributed by atoms with Gasteiger partial charge >= 0.3 is 0 Å². The number of fused-ring (bicyclic) bond motifs is 1. The molecule has 0 atom stereocenters. The van der Waals surface area contributed by atoms with E-state index >= 15 is 0 Å². The van der Waals surface area contributed by atoms with Gasteiger partial charge in [0.25, 0.3) is 0 Å². The number of aryl methyl sites for hydroxylation is 5. The second-order valence-electron chi connectivity index (χ2n) is 7.99. The summed E-state index contributed by atoms with van der Waals surface area (Å²) < 4.78 is 3.89. The van der Waals surface area contributed by atoms with Gasteiger partial charge in [-0.25, -0.2) is 4.98 Å². The van der Waals surface area contributed by atoms with E-state index in [0.29, 0.717) is 0 Å². The summed E-state index contributed by atoms with van der Waals surface area (Å²) in [6.07, 6.45) is 13.2. The van der Waals surface area contributed by atoms with Gasteiger partial charge in [0.15, 0.2) is 5.65 Å². The van der Waals surface area contributed by atoms with Crippen molar-refractivity contribution in [2.45, 2.75) is 26.7 Å². The van der Waals surface area contributed by atoms with Crippen LogP contribution < -0.4 is 0 Å². The van der Waals surface area contributed by atoms with Crippen LogP contribution in [-0.4, -0.2) is 29.1 Å². The number of pyridine rings is 1. The molecule has 4 heterocycles. The van der Waals surface area contributed by atoms with Crippen LogP contribution in [0.15, 0.2) is 67.5 Å². The summed E-state index contributed by atoms with van der Waals surface area (Å²) in [7, 11) is 1.92. The van der Waals surface area contributed by atoms with Crippen LogP contribution in [0.2, 0.25) is 0 Å². The highest BCUT2D eigenvalue weighted by Crippen LogP contribution is 2.24. The number of nitrogens with zero attached hydrogens (tertiary/aromatic N) is 6. The highest BCUT2D eigenvalue weighted by molar-refractivity contribution is 5.64. The zero-order chi connectivity index (χ0) is 21.4. The molecule has 154 valence electrons. The van der Waals surface area contributed by atoms with Crippen LogP contribution in [-0.2, 0) is 19.9 Å². The van der Waals surface area contributed by atoms with Gasteiger partial charge in [-0.3, -0.25) is 19.1 Å². The van der Waals surface area contributed by atoms with Crippen LogP contribution in [0, 0.1) is 13.8 Å². The quantitative estimate of drug-likeness (QED) is 0.427. The third kappa shape index (κ3) is 3.72. The Hall–Kier alpha value is -3.80. The van der Waals surface area contributed by atoms with Crippen LogP contribution in [0.4, 0.5) is 0 Å². The second-order valence-corrected chi connectivity index (χ2v) is 7.99. The first-order valence-electron chi connectivity index (χ1n) is 10.4. The highest BCUT2D eigenvalue weighted by Gasteiger charge is 2.12. The molecule has 0 amide bonds. The fraction of sp³-hybridized carbons (Fsp3) is 0.200. The zero-order valence-corrected chi connectivity index (χ0v) is 17.9. The van der Waals surface area contributed by atoms with E-state index < -0.39 is 0 Å². The summed E-state index contributed by atoms with van der Waals surface area (Å²) in [5.74, 6) is 0. The maximum atomic E-state index is 4.76. The minimum Gasteiger partial charge on any atom is -0.296 e. The second kappa shape index (κ2) is 7.80. The molecule has 0 aliphatic carbocycles. The first-order valence-corrected chi connectivity index (χ1v) is 10.4. The molecule has 0 aliphatic heterocycles. The van der Waals surface area contributed by atoms with Crippen molar-refractivity contribution >= 4 is 5.65 Å². The summed E-state index contributed by atoms with van der Waals surface area (Å²) in [6, 6.07) is 10.7. The first kappa shape index (κ1) is 19.2. The predicted octanol–water partition coefficient (Wildman–Crippen LogP) is 4.59. The van der Waals surface area contributed by atoms with Crippen molar-refractivity contribution < 1.29 is 0 Å². The first-order chi connectivity index (χ1) is 15.1. The number of benzene rings is 1. The molecular formula is C25H24N6. The molecule has 0 radical (unpaired) electrons. The van der Waals surface area contributed by atoms with Gasteiger partial charge in [0.05, 0.1) is 29.5 Å². The molecule has 0 N–H and O–H groups in total. The van der Waals surface area contributed by atoms with Crippen molar-refractivity contribution in [2.24, 2.45) is 7.05 Å². The fourth-order valence-electron chi connectivity index (χ4n) is 4.04. The lowest BCUT2D eigenvalue weighted by atomic mass is 10.0. The molecule has 5 aromatic rings. The molecule has 6 nitrogen and oxygen atoms in total. The molecule has 0 spiro atoms. The number of aromatic nitrogens is 6. The smallest absolute Gasteiger partial charge is 0.159 e. The van der Waals surface area contributed by atoms with Crippen molar-refractivity contribution in [3.8, 4) is 22.5 Å². The number of hydrogen-bond donors (Lipinski definition) is 0. The van der Waals surface area contributed by atoms with Gasteiger partial charge in [-0.15, -0.1) is 0 Å². The molecule has 0 aliphatic rings. The Labute approximate surface area is 181 Å². The summed E-state index contributed by atoms with van der Waals surface area (Å²) in [5.41, 5.74) is 9.78. The van der Waals surface area contributed by atoms with Crippen LogP contribution >= 0.6 is 0 Å². The molecule has 6 heteroatoms. The SMILES string of the molecule is Cc1cccc(-c2ncc(CCc3nccn4c(-c5cnn(C)c5)cnc34)cc2C)c1. The average Bonchev–Trinajstić information content (AvgIpc) is 3.38. The Bertz CT molecular complexity index is 1380. The molecule has 1 aromatic carbocycles. The third-order valence-corrected chi connectivity index (χ3v) is 5.58. The average molecular weight is 409 g/mol. The van der Waals surface area contributed by atoms with E-state index in [4.69, 9.17) is 4.98 Å². The molecule has 0 unspecified atom stereocenters. The standard InChI is InChI=1S/C25H24N6/c1-17-5-4-6-20(11-17)24-18(2)12-19(13-27-24)7-8-22-25-28-15-23(31(25)10-9-26-22)21-14-29-30(3)16-21/h4-6,9-16H,7-8H2,1-3H3. The van der Waals surface area contributed by atoms with E-state index in [0.717, 1.165) is 46.7 Å². The largest absolute Gasteiger partial charge is 0.296 e. The lowest BCUT2D eigenvalue weighted by Crippen LogP contribution is -2.01. The van der Waals surface area contributed by atoms with E-state index in [-0.39, 0.29) is 0 Å². The van der Waals surface area contributed by atoms with Gasteiger partial charge in [-0.1, -0.05) is 29.8 Å². The molecule has 0 fully saturated rings. The van der Waals surface area contributed by atoms with Gasteiger partial charge in [0.2, 0.25) is 0 Å². The minimum atomic E-state index is 0.804. The molecule has 31 heavy (non-hydrogen) atoms. The topological polar surface area (TPSA) is 60.9 Å². The van der Waals surface area contributed by atoms with Crippen LogP contribution in [0.1, 0.15) is 22.4 Å². The molecular weight excluding hydrogens is 384 g/mol. The summed E-state index contributed by atoms with van der Waals surface area (Å²) in [6.45, 7) is 4.23. The van der Waals surface area contributed by atoms with Crippen LogP contribution in [0.3, 0.4) is 0 Å². The van der Waals surface area contributed by atoms with Crippen molar-refractivity contribution in [3.05, 3.63) is 89.9 Å². The highest BCUT2D eigenvalue weighted by atomic mass is 15.2. The fourth-order valence-corrected chi connectivity index (χ4v) is 4.04. The Morgan fingerprint density at radius 1 is 0.903 bits per heavy atom. The van der Waals surface area contributed by atoms with Gasteiger partial charge in [-0.2, -0.15) is 5.10 Å². The molecule has 4 aromatic heterocycles. The van der Waals surface area contributed by atoms with E-state index in [9.17, 15) is 0 Å². The van der Waals surface area contributed by atoms with Crippen molar-refractivity contribution in [1.29, 1.82) is 0 Å². The normalized spacial score (nSPS) is 11.3. The van der Waals surface area contributed by atoms with Crippen LogP contribution in [0.5, 0.6) is 0 Å². The van der Waals surface area contributed by atoms with Gasteiger partial charge < -0.3 is 0 Å². The lowest BCUT2D eigenvalue weighted by Gasteiger charge is -2.09. The van der Waals surface area contributed by atoms with E-state index in [1.54, 1.807) is 4.68 Å². The van der Waals surface area contributed by atoms with Gasteiger partial charge in [-0.05, 0) is 43.9 Å². The zero-order valence-electron chi connectivity index (χ0n) is 17.9. The number of hydrogen-bond acceptors (Lipinski definition) is 4. The maximum absolute atomic E-state index is 4.76. The van der Waals surface area contributed by atoms with E-state index in [2.05, 4.69) is 63.6 Å². The molecule has 0 saturated carbocycles. The Balaban J connectivity index is 1.39. The summed E-state index contributed by atoms with van der Waals surface area (Å²) in [5, 5.41) is 4.27. The van der Waals surface area contributed by atoms with E-state index in [1.807, 2.05) is 44.2 Å². The number of imidazole rings is 1. The summed E-state index contributed by atoms with van der Waals surface area (Å²) >= 11 is 0. The Morgan fingerprint density at radius 3 is 2.58 bits per heavy atom. The monoisotopic (exact) mass is 408 g/mol. The Kier molecular flexibility index (Phi) is 4.82. The Morgan fingerprint density at radius 2 is 1.81 bits per heavy atom. The summed E-state index contributed by atoms with van der Waals surface area (Å²) in [4.78, 5) is 14.0. The third-order valence-electron chi connectivity index (χ3n) is 5.58. The molecule has 0 saturated heterocycles. The minimum absolute atomic E-state index is 0.804. The number of rotatable bonds is 5. The van der Waals surface area contributed by atoms with Gasteiger partial charge in [0.1, 0.15) is 0 Å². The van der Waals surface area contributed by atoms with Crippen LogP contribution in [0.25, 0.3) is 28.2 Å². The molecule has 5 rings (SSSR count). The van der Waals surface area contributed by atoms with Crippen molar-refractivity contribution in [3.63, 3.8) is 0 Å². The predicted molar refractivity (Wildman–Crippen MR) is 122 cm³/mol. The van der Waals surface area contributed by atoms with Crippen molar-refractivity contribution in [1.82, 2.24) is 29.1 Å². The molecule has 0 bridgehead atoms. The van der Waals surface area contributed by atoms with E-state index in [1.165, 1.54) is 16.7 Å². The lowest BCUT2D eigenvalue weighted by molar-refractivity contribution is 0.768.